The maximum absolute atomic E-state index is 11.0. The van der Waals surface area contributed by atoms with E-state index in [0.717, 1.165) is 62.6 Å². The standard InChI is InChI=1S/C13H22O2.C11H18O/c1-2-4-11(3-1)12-5-7-13(8-6-12)14-9-10-15-13;12-11-7-5-10(6-8-11)9-3-1-2-4-9/h11-12H,1-10H2;9-10H,1-8H2. The van der Waals surface area contributed by atoms with Crippen molar-refractivity contribution in [2.24, 2.45) is 23.7 Å². The number of hydrogen-bond acceptors (Lipinski definition) is 3. The van der Waals surface area contributed by atoms with Gasteiger partial charge < -0.3 is 9.47 Å². The zero-order valence-electron chi connectivity index (χ0n) is 17.3. The van der Waals surface area contributed by atoms with Crippen LogP contribution in [-0.2, 0) is 14.3 Å². The summed E-state index contributed by atoms with van der Waals surface area (Å²) in [5.74, 6) is 4.26. The molecule has 0 radical (unpaired) electrons. The van der Waals surface area contributed by atoms with Crippen molar-refractivity contribution in [3.05, 3.63) is 0 Å². The van der Waals surface area contributed by atoms with E-state index in [1.165, 1.54) is 77.0 Å². The van der Waals surface area contributed by atoms with Crippen molar-refractivity contribution in [3.8, 4) is 0 Å². The van der Waals surface area contributed by atoms with Gasteiger partial charge in [0, 0.05) is 25.7 Å². The van der Waals surface area contributed by atoms with Gasteiger partial charge in [0.25, 0.3) is 0 Å². The van der Waals surface area contributed by atoms with Crippen molar-refractivity contribution in [2.75, 3.05) is 13.2 Å². The number of hydrogen-bond donors (Lipinski definition) is 0. The zero-order chi connectivity index (χ0) is 18.5. The molecule has 0 aromatic heterocycles. The van der Waals surface area contributed by atoms with Crippen molar-refractivity contribution in [1.82, 2.24) is 0 Å². The lowest BCUT2D eigenvalue weighted by Crippen LogP contribution is -2.36. The van der Waals surface area contributed by atoms with Gasteiger partial charge >= 0.3 is 0 Å². The maximum atomic E-state index is 11.0. The summed E-state index contributed by atoms with van der Waals surface area (Å²) in [5, 5.41) is 0. The van der Waals surface area contributed by atoms with Crippen LogP contribution in [0.25, 0.3) is 0 Å². The van der Waals surface area contributed by atoms with E-state index in [1.807, 2.05) is 0 Å². The van der Waals surface area contributed by atoms with Gasteiger partial charge in [-0.2, -0.15) is 0 Å². The fourth-order valence-corrected chi connectivity index (χ4v) is 6.63. The van der Waals surface area contributed by atoms with E-state index in [0.29, 0.717) is 5.78 Å². The van der Waals surface area contributed by atoms with Gasteiger partial charge in [-0.15, -0.1) is 0 Å². The maximum Gasteiger partial charge on any atom is 0.168 e. The summed E-state index contributed by atoms with van der Waals surface area (Å²) in [6, 6.07) is 0. The molecule has 5 aliphatic rings. The van der Waals surface area contributed by atoms with Crippen molar-refractivity contribution in [2.45, 2.75) is 109 Å². The largest absolute Gasteiger partial charge is 0.348 e. The molecule has 27 heavy (non-hydrogen) atoms. The molecule has 5 fully saturated rings. The van der Waals surface area contributed by atoms with Crippen LogP contribution in [0.15, 0.2) is 0 Å². The van der Waals surface area contributed by atoms with E-state index in [4.69, 9.17) is 9.47 Å². The molecule has 4 saturated carbocycles. The summed E-state index contributed by atoms with van der Waals surface area (Å²) >= 11 is 0. The lowest BCUT2D eigenvalue weighted by Gasteiger charge is -2.37. The van der Waals surface area contributed by atoms with Gasteiger partial charge in [-0.25, -0.2) is 0 Å². The Labute approximate surface area is 165 Å². The van der Waals surface area contributed by atoms with Crippen molar-refractivity contribution in [1.29, 1.82) is 0 Å². The van der Waals surface area contributed by atoms with E-state index < -0.39 is 0 Å². The summed E-state index contributed by atoms with van der Waals surface area (Å²) in [7, 11) is 0. The van der Waals surface area contributed by atoms with Gasteiger partial charge in [0.15, 0.2) is 5.79 Å². The smallest absolute Gasteiger partial charge is 0.168 e. The highest BCUT2D eigenvalue weighted by Crippen LogP contribution is 2.44. The lowest BCUT2D eigenvalue weighted by molar-refractivity contribution is -0.184. The number of Topliss-reactive ketones (excluding diaryl/α,β-unsaturated/α-hetero) is 1. The fraction of sp³-hybridized carbons (Fsp3) is 0.958. The molecule has 0 unspecified atom stereocenters. The molecule has 5 rings (SSSR count). The molecule has 0 bridgehead atoms. The van der Waals surface area contributed by atoms with Crippen LogP contribution in [0, 0.1) is 23.7 Å². The first kappa shape index (κ1) is 19.9. The normalized spacial score (nSPS) is 30.7. The predicted octanol–water partition coefficient (Wildman–Crippen LogP) is 6.05. The molecule has 0 aromatic carbocycles. The van der Waals surface area contributed by atoms with Gasteiger partial charge in [-0.1, -0.05) is 51.4 Å². The molecule has 1 heterocycles. The molecule has 0 amide bonds. The molecule has 0 N–H and O–H groups in total. The average molecular weight is 377 g/mol. The van der Waals surface area contributed by atoms with E-state index in [1.54, 1.807) is 0 Å². The monoisotopic (exact) mass is 376 g/mol. The highest BCUT2D eigenvalue weighted by Gasteiger charge is 2.42. The highest BCUT2D eigenvalue weighted by molar-refractivity contribution is 5.79. The Kier molecular flexibility index (Phi) is 6.92. The topological polar surface area (TPSA) is 35.5 Å². The molecule has 0 aromatic rings. The van der Waals surface area contributed by atoms with Crippen LogP contribution in [0.2, 0.25) is 0 Å². The second-order valence-corrected chi connectivity index (χ2v) is 9.91. The Morgan fingerprint density at radius 3 is 1.48 bits per heavy atom. The summed E-state index contributed by atoms with van der Waals surface area (Å²) < 4.78 is 11.5. The van der Waals surface area contributed by atoms with Crippen LogP contribution in [-0.4, -0.2) is 24.8 Å². The molecule has 3 heteroatoms. The first-order chi connectivity index (χ1) is 13.2. The van der Waals surface area contributed by atoms with Crippen LogP contribution in [0.5, 0.6) is 0 Å². The second-order valence-electron chi connectivity index (χ2n) is 9.91. The molecule has 4 aliphatic carbocycles. The molecular weight excluding hydrogens is 336 g/mol. The third-order valence-corrected chi connectivity index (χ3v) is 8.33. The summed E-state index contributed by atoms with van der Waals surface area (Å²) in [5.41, 5.74) is 0. The van der Waals surface area contributed by atoms with Gasteiger partial charge in [0.05, 0.1) is 13.2 Å². The first-order valence-corrected chi connectivity index (χ1v) is 12.0. The Bertz CT molecular complexity index is 450. The van der Waals surface area contributed by atoms with Crippen LogP contribution in [0.4, 0.5) is 0 Å². The molecule has 3 nitrogen and oxygen atoms in total. The Morgan fingerprint density at radius 1 is 0.593 bits per heavy atom. The third-order valence-electron chi connectivity index (χ3n) is 8.33. The van der Waals surface area contributed by atoms with Crippen molar-refractivity contribution in [3.63, 3.8) is 0 Å². The average Bonchev–Trinajstić information content (AvgIpc) is 3.47. The minimum absolute atomic E-state index is 0.144. The van der Waals surface area contributed by atoms with E-state index >= 15 is 0 Å². The van der Waals surface area contributed by atoms with Gasteiger partial charge in [0.2, 0.25) is 0 Å². The minimum atomic E-state index is -0.144. The Hall–Kier alpha value is -0.410. The lowest BCUT2D eigenvalue weighted by atomic mass is 9.77. The highest BCUT2D eigenvalue weighted by atomic mass is 16.7. The third kappa shape index (κ3) is 5.15. The molecule has 1 spiro atoms. The second kappa shape index (κ2) is 9.39. The molecule has 154 valence electrons. The van der Waals surface area contributed by atoms with E-state index in [2.05, 4.69) is 0 Å². The minimum Gasteiger partial charge on any atom is -0.348 e. The summed E-state index contributed by atoms with van der Waals surface area (Å²) in [4.78, 5) is 11.0. The van der Waals surface area contributed by atoms with Gasteiger partial charge in [-0.3, -0.25) is 4.79 Å². The van der Waals surface area contributed by atoms with E-state index in [-0.39, 0.29) is 5.79 Å². The molecular formula is C24H40O3. The van der Waals surface area contributed by atoms with Crippen molar-refractivity contribution >= 4 is 5.78 Å². The van der Waals surface area contributed by atoms with Crippen LogP contribution < -0.4 is 0 Å². The fourth-order valence-electron chi connectivity index (χ4n) is 6.63. The number of rotatable bonds is 2. The predicted molar refractivity (Wildman–Crippen MR) is 107 cm³/mol. The van der Waals surface area contributed by atoms with Gasteiger partial charge in [-0.05, 0) is 49.4 Å². The number of carbonyl (C=O) groups excluding carboxylic acids is 1. The Balaban J connectivity index is 0.000000137. The quantitative estimate of drug-likeness (QED) is 0.589. The SMILES string of the molecule is C1CCC(C2CCC3(CC2)OCCO3)C1.O=C1CCC(C2CCCC2)CC1. The molecule has 1 aliphatic heterocycles. The molecule has 0 atom stereocenters. The number of ether oxygens (including phenoxy) is 2. The number of ketones is 1. The molecule has 1 saturated heterocycles. The van der Waals surface area contributed by atoms with Gasteiger partial charge in [0.1, 0.15) is 5.78 Å². The van der Waals surface area contributed by atoms with Crippen LogP contribution in [0.3, 0.4) is 0 Å². The van der Waals surface area contributed by atoms with Crippen molar-refractivity contribution < 1.29 is 14.3 Å². The zero-order valence-corrected chi connectivity index (χ0v) is 17.3. The number of carbonyl (C=O) groups is 1. The van der Waals surface area contributed by atoms with E-state index in [9.17, 15) is 4.79 Å². The summed E-state index contributed by atoms with van der Waals surface area (Å²) in [6.07, 6.45) is 20.8. The van der Waals surface area contributed by atoms with Crippen LogP contribution in [0.1, 0.15) is 103 Å². The first-order valence-electron chi connectivity index (χ1n) is 12.0. The summed E-state index contributed by atoms with van der Waals surface area (Å²) in [6.45, 7) is 1.63. The van der Waals surface area contributed by atoms with Crippen LogP contribution >= 0.6 is 0 Å². The Morgan fingerprint density at radius 2 is 1.00 bits per heavy atom.